The van der Waals surface area contributed by atoms with Crippen LogP contribution in [0.3, 0.4) is 0 Å². The molecular weight excluding hydrogens is 418 g/mol. The first-order chi connectivity index (χ1) is 16.1. The molecule has 1 aromatic heterocycles. The Hall–Kier alpha value is -3.48. The Bertz CT molecular complexity index is 1120. The second-order valence-corrected chi connectivity index (χ2v) is 8.16. The number of pyridine rings is 1. The van der Waals surface area contributed by atoms with Crippen LogP contribution < -0.4 is 24.4 Å². The van der Waals surface area contributed by atoms with Crippen molar-refractivity contribution in [3.63, 3.8) is 0 Å². The van der Waals surface area contributed by atoms with Crippen LogP contribution in [0, 0.1) is 0 Å². The average molecular weight is 450 g/mol. The standard InChI is InChI=1S/C26H31N3O4/c1-4-20-9-5-6-15-29(20)24-14-11-18-8-7-10-22(26(18)28-24)33-17-25(30)27-19-12-13-21(31-2)23(16-19)32-3/h7-8,10-14,16,20H,4-6,9,15,17H2,1-3H3,(H,27,30). The highest BCUT2D eigenvalue weighted by Gasteiger charge is 2.22. The smallest absolute Gasteiger partial charge is 0.262 e. The lowest BCUT2D eigenvalue weighted by Gasteiger charge is -2.36. The number of ether oxygens (including phenoxy) is 3. The first-order valence-electron chi connectivity index (χ1n) is 11.4. The lowest BCUT2D eigenvalue weighted by molar-refractivity contribution is -0.118. The zero-order chi connectivity index (χ0) is 23.2. The van der Waals surface area contributed by atoms with Crippen molar-refractivity contribution in [1.82, 2.24) is 4.98 Å². The quantitative estimate of drug-likeness (QED) is 0.520. The lowest BCUT2D eigenvalue weighted by atomic mass is 10.00. The van der Waals surface area contributed by atoms with Crippen molar-refractivity contribution in [3.05, 3.63) is 48.5 Å². The molecule has 174 valence electrons. The second kappa shape index (κ2) is 10.4. The van der Waals surface area contributed by atoms with E-state index in [4.69, 9.17) is 19.2 Å². The van der Waals surface area contributed by atoms with Crippen molar-refractivity contribution in [1.29, 1.82) is 0 Å². The lowest BCUT2D eigenvalue weighted by Crippen LogP contribution is -2.39. The van der Waals surface area contributed by atoms with Crippen molar-refractivity contribution < 1.29 is 19.0 Å². The van der Waals surface area contributed by atoms with Crippen LogP contribution in [-0.4, -0.2) is 44.3 Å². The first-order valence-corrected chi connectivity index (χ1v) is 11.4. The Labute approximate surface area is 194 Å². The molecule has 1 N–H and O–H groups in total. The van der Waals surface area contributed by atoms with E-state index in [-0.39, 0.29) is 12.5 Å². The Balaban J connectivity index is 1.48. The number of aromatic nitrogens is 1. The van der Waals surface area contributed by atoms with Crippen LogP contribution in [0.25, 0.3) is 10.9 Å². The molecule has 3 aromatic rings. The van der Waals surface area contributed by atoms with Crippen molar-refractivity contribution in [2.24, 2.45) is 0 Å². The minimum atomic E-state index is -0.266. The number of nitrogens with zero attached hydrogens (tertiary/aromatic N) is 2. The Morgan fingerprint density at radius 1 is 1.06 bits per heavy atom. The van der Waals surface area contributed by atoms with Gasteiger partial charge in [0.15, 0.2) is 18.1 Å². The molecule has 4 rings (SSSR count). The predicted octanol–water partition coefficient (Wildman–Crippen LogP) is 5.04. The minimum absolute atomic E-state index is 0.124. The number of nitrogens with one attached hydrogen (secondary N) is 1. The fourth-order valence-corrected chi connectivity index (χ4v) is 4.37. The molecule has 7 heteroatoms. The van der Waals surface area contributed by atoms with Crippen LogP contribution in [0.4, 0.5) is 11.5 Å². The summed E-state index contributed by atoms with van der Waals surface area (Å²) in [6, 6.07) is 15.7. The number of methoxy groups -OCH3 is 2. The molecule has 1 fully saturated rings. The van der Waals surface area contributed by atoms with Gasteiger partial charge in [0, 0.05) is 29.7 Å². The van der Waals surface area contributed by atoms with E-state index in [0.717, 1.165) is 29.7 Å². The molecule has 0 bridgehead atoms. The average Bonchev–Trinajstić information content (AvgIpc) is 2.87. The Morgan fingerprint density at radius 2 is 1.91 bits per heavy atom. The molecular formula is C26H31N3O4. The number of fused-ring (bicyclic) bond motifs is 1. The summed E-state index contributed by atoms with van der Waals surface area (Å²) in [5, 5.41) is 3.82. The summed E-state index contributed by atoms with van der Waals surface area (Å²) in [6.45, 7) is 3.13. The van der Waals surface area contributed by atoms with E-state index < -0.39 is 0 Å². The van der Waals surface area contributed by atoms with Gasteiger partial charge in [-0.2, -0.15) is 0 Å². The fraction of sp³-hybridized carbons (Fsp3) is 0.385. The van der Waals surface area contributed by atoms with Crippen molar-refractivity contribution in [3.8, 4) is 17.2 Å². The van der Waals surface area contributed by atoms with E-state index in [1.165, 1.54) is 19.3 Å². The molecule has 0 spiro atoms. The second-order valence-electron chi connectivity index (χ2n) is 8.16. The number of amides is 1. The third kappa shape index (κ3) is 5.13. The van der Waals surface area contributed by atoms with Gasteiger partial charge in [-0.3, -0.25) is 4.79 Å². The molecule has 1 saturated heterocycles. The van der Waals surface area contributed by atoms with Crippen LogP contribution in [0.15, 0.2) is 48.5 Å². The van der Waals surface area contributed by atoms with Gasteiger partial charge in [-0.15, -0.1) is 0 Å². The third-order valence-corrected chi connectivity index (χ3v) is 6.09. The summed E-state index contributed by atoms with van der Waals surface area (Å²) in [6.07, 6.45) is 4.76. The zero-order valence-corrected chi connectivity index (χ0v) is 19.5. The third-order valence-electron chi connectivity index (χ3n) is 6.09. The molecule has 1 unspecified atom stereocenters. The van der Waals surface area contributed by atoms with Crippen molar-refractivity contribution >= 4 is 28.3 Å². The maximum absolute atomic E-state index is 12.5. The van der Waals surface area contributed by atoms with E-state index in [2.05, 4.69) is 29.3 Å². The largest absolute Gasteiger partial charge is 0.493 e. The number of rotatable bonds is 8. The Morgan fingerprint density at radius 3 is 2.70 bits per heavy atom. The number of carbonyl (C=O) groups is 1. The minimum Gasteiger partial charge on any atom is -0.493 e. The SMILES string of the molecule is CCC1CCCCN1c1ccc2cccc(OCC(=O)Nc3ccc(OC)c(OC)c3)c2n1. The number of hydrogen-bond acceptors (Lipinski definition) is 6. The summed E-state index contributed by atoms with van der Waals surface area (Å²) in [5.74, 6) is 2.45. The van der Waals surface area contributed by atoms with Gasteiger partial charge in [-0.25, -0.2) is 4.98 Å². The van der Waals surface area contributed by atoms with E-state index in [9.17, 15) is 4.79 Å². The molecule has 2 aromatic carbocycles. The number of anilines is 2. The zero-order valence-electron chi connectivity index (χ0n) is 19.5. The van der Waals surface area contributed by atoms with E-state index in [0.29, 0.717) is 29.0 Å². The summed E-state index contributed by atoms with van der Waals surface area (Å²) in [4.78, 5) is 19.9. The van der Waals surface area contributed by atoms with Crippen LogP contribution in [0.5, 0.6) is 17.2 Å². The highest BCUT2D eigenvalue weighted by Crippen LogP contribution is 2.31. The molecule has 0 aliphatic carbocycles. The fourth-order valence-electron chi connectivity index (χ4n) is 4.37. The normalized spacial score (nSPS) is 15.8. The van der Waals surface area contributed by atoms with Gasteiger partial charge in [0.1, 0.15) is 17.1 Å². The number of hydrogen-bond donors (Lipinski definition) is 1. The monoisotopic (exact) mass is 449 g/mol. The van der Waals surface area contributed by atoms with Gasteiger partial charge < -0.3 is 24.4 Å². The molecule has 1 aliphatic rings. The number of piperidine rings is 1. The molecule has 0 radical (unpaired) electrons. The summed E-state index contributed by atoms with van der Waals surface area (Å²) in [5.41, 5.74) is 1.38. The van der Waals surface area contributed by atoms with Crippen molar-refractivity contribution in [2.45, 2.75) is 38.6 Å². The van der Waals surface area contributed by atoms with Crippen LogP contribution in [0.1, 0.15) is 32.6 Å². The van der Waals surface area contributed by atoms with E-state index in [1.54, 1.807) is 32.4 Å². The Kier molecular flexibility index (Phi) is 7.17. The summed E-state index contributed by atoms with van der Waals surface area (Å²) < 4.78 is 16.4. The molecule has 0 saturated carbocycles. The summed E-state index contributed by atoms with van der Waals surface area (Å²) >= 11 is 0. The highest BCUT2D eigenvalue weighted by atomic mass is 16.5. The highest BCUT2D eigenvalue weighted by molar-refractivity contribution is 5.93. The first kappa shape index (κ1) is 22.7. The van der Waals surface area contributed by atoms with Gasteiger partial charge >= 0.3 is 0 Å². The van der Waals surface area contributed by atoms with Crippen LogP contribution in [-0.2, 0) is 4.79 Å². The molecule has 1 aliphatic heterocycles. The van der Waals surface area contributed by atoms with Gasteiger partial charge in [0.25, 0.3) is 5.91 Å². The summed E-state index contributed by atoms with van der Waals surface area (Å²) in [7, 11) is 3.13. The molecule has 1 amide bonds. The molecule has 2 heterocycles. The van der Waals surface area contributed by atoms with E-state index >= 15 is 0 Å². The van der Waals surface area contributed by atoms with Crippen LogP contribution >= 0.6 is 0 Å². The van der Waals surface area contributed by atoms with Gasteiger partial charge in [-0.05, 0) is 56.0 Å². The van der Waals surface area contributed by atoms with Gasteiger partial charge in [0.2, 0.25) is 0 Å². The maximum atomic E-state index is 12.5. The van der Waals surface area contributed by atoms with Crippen molar-refractivity contribution in [2.75, 3.05) is 37.6 Å². The number of carbonyl (C=O) groups excluding carboxylic acids is 1. The number of para-hydroxylation sites is 1. The topological polar surface area (TPSA) is 72.9 Å². The van der Waals surface area contributed by atoms with Crippen LogP contribution in [0.2, 0.25) is 0 Å². The number of benzene rings is 2. The maximum Gasteiger partial charge on any atom is 0.262 e. The van der Waals surface area contributed by atoms with Gasteiger partial charge in [0.05, 0.1) is 14.2 Å². The molecule has 33 heavy (non-hydrogen) atoms. The van der Waals surface area contributed by atoms with E-state index in [1.807, 2.05) is 18.2 Å². The van der Waals surface area contributed by atoms with Gasteiger partial charge in [-0.1, -0.05) is 19.1 Å². The predicted molar refractivity (Wildman–Crippen MR) is 131 cm³/mol. The molecule has 7 nitrogen and oxygen atoms in total. The molecule has 1 atom stereocenters.